The summed E-state index contributed by atoms with van der Waals surface area (Å²) in [6.45, 7) is 2.87. The topological polar surface area (TPSA) is 86.9 Å². The molecule has 0 unspecified atom stereocenters. The zero-order valence-electron chi connectivity index (χ0n) is 12.5. The maximum absolute atomic E-state index is 12.9. The van der Waals surface area contributed by atoms with Crippen molar-refractivity contribution >= 4 is 39.1 Å². The first-order chi connectivity index (χ1) is 11.1. The molecule has 0 radical (unpaired) electrons. The van der Waals surface area contributed by atoms with E-state index in [2.05, 4.69) is 36.8 Å². The highest BCUT2D eigenvalue weighted by molar-refractivity contribution is 9.10. The number of hydrogen-bond donors (Lipinski definition) is 3. The van der Waals surface area contributed by atoms with Crippen LogP contribution in [0, 0.1) is 6.92 Å². The van der Waals surface area contributed by atoms with Crippen LogP contribution in [0.25, 0.3) is 0 Å². The molecule has 3 N–H and O–H groups in total. The Hall–Kier alpha value is -2.36. The fraction of sp³-hybridized carbons (Fsp3) is 0.214. The number of H-pyrrole nitrogens is 1. The van der Waals surface area contributed by atoms with Crippen LogP contribution in [0.4, 0.5) is 24.5 Å². The SMILES string of the molecule is CC(=O)Nc1ccc(C(F)(F)F)cc1NC(=O)c1n[nH]c(C)c1Br. The average molecular weight is 405 g/mol. The first kappa shape index (κ1) is 18.0. The Morgan fingerprint density at radius 1 is 1.21 bits per heavy atom. The van der Waals surface area contributed by atoms with E-state index >= 15 is 0 Å². The number of hydrogen-bond acceptors (Lipinski definition) is 3. The molecule has 0 aliphatic rings. The van der Waals surface area contributed by atoms with Crippen LogP contribution in [-0.4, -0.2) is 22.0 Å². The van der Waals surface area contributed by atoms with E-state index in [1.807, 2.05) is 0 Å². The van der Waals surface area contributed by atoms with Crippen molar-refractivity contribution in [3.05, 3.63) is 39.6 Å². The summed E-state index contributed by atoms with van der Waals surface area (Å²) in [5.41, 5.74) is -0.515. The van der Waals surface area contributed by atoms with Gasteiger partial charge in [0, 0.05) is 12.6 Å². The molecule has 2 rings (SSSR count). The van der Waals surface area contributed by atoms with E-state index in [0.29, 0.717) is 10.2 Å². The van der Waals surface area contributed by atoms with Gasteiger partial charge in [0.2, 0.25) is 5.91 Å². The second kappa shape index (κ2) is 6.63. The smallest absolute Gasteiger partial charge is 0.325 e. The molecule has 0 fully saturated rings. The van der Waals surface area contributed by atoms with Gasteiger partial charge in [-0.1, -0.05) is 0 Å². The van der Waals surface area contributed by atoms with Gasteiger partial charge >= 0.3 is 6.18 Å². The summed E-state index contributed by atoms with van der Waals surface area (Å²) < 4.78 is 39.0. The molecule has 0 aliphatic heterocycles. The molecule has 1 heterocycles. The largest absolute Gasteiger partial charge is 0.416 e. The number of benzene rings is 1. The minimum absolute atomic E-state index is 0.0151. The van der Waals surface area contributed by atoms with Gasteiger partial charge in [-0.2, -0.15) is 18.3 Å². The third-order valence-electron chi connectivity index (χ3n) is 2.99. The lowest BCUT2D eigenvalue weighted by Gasteiger charge is -2.14. The number of carbonyl (C=O) groups excluding carboxylic acids is 2. The molecule has 0 atom stereocenters. The van der Waals surface area contributed by atoms with E-state index in [1.54, 1.807) is 6.92 Å². The number of halogens is 4. The summed E-state index contributed by atoms with van der Waals surface area (Å²) in [5, 5.41) is 11.1. The molecule has 24 heavy (non-hydrogen) atoms. The van der Waals surface area contributed by atoms with Gasteiger partial charge in [0.25, 0.3) is 5.91 Å². The van der Waals surface area contributed by atoms with Crippen molar-refractivity contribution in [3.8, 4) is 0 Å². The number of nitrogens with one attached hydrogen (secondary N) is 3. The van der Waals surface area contributed by atoms with E-state index in [9.17, 15) is 22.8 Å². The monoisotopic (exact) mass is 404 g/mol. The Balaban J connectivity index is 2.40. The normalized spacial score (nSPS) is 11.2. The molecule has 1 aromatic heterocycles. The number of aromatic nitrogens is 2. The number of aryl methyl sites for hydroxylation is 1. The van der Waals surface area contributed by atoms with Crippen LogP contribution >= 0.6 is 15.9 Å². The number of alkyl halides is 3. The Kier molecular flexibility index (Phi) is 4.97. The highest BCUT2D eigenvalue weighted by Crippen LogP contribution is 2.34. The molecule has 2 amide bonds. The van der Waals surface area contributed by atoms with Crippen LogP contribution in [0.2, 0.25) is 0 Å². The lowest BCUT2D eigenvalue weighted by Crippen LogP contribution is -2.17. The van der Waals surface area contributed by atoms with Crippen molar-refractivity contribution in [2.24, 2.45) is 0 Å². The molecule has 0 saturated carbocycles. The third-order valence-corrected chi connectivity index (χ3v) is 3.96. The van der Waals surface area contributed by atoms with Crippen LogP contribution < -0.4 is 10.6 Å². The maximum atomic E-state index is 12.9. The van der Waals surface area contributed by atoms with Gasteiger partial charge in [0.05, 0.1) is 21.4 Å². The molecule has 0 aliphatic carbocycles. The van der Waals surface area contributed by atoms with Crippen LogP contribution in [0.1, 0.15) is 28.7 Å². The van der Waals surface area contributed by atoms with Crippen LogP contribution in [0.5, 0.6) is 0 Å². The minimum Gasteiger partial charge on any atom is -0.325 e. The van der Waals surface area contributed by atoms with Crippen LogP contribution in [-0.2, 0) is 11.0 Å². The van der Waals surface area contributed by atoms with Crippen molar-refractivity contribution in [2.45, 2.75) is 20.0 Å². The summed E-state index contributed by atoms with van der Waals surface area (Å²) in [6, 6.07) is 2.64. The van der Waals surface area contributed by atoms with Crippen molar-refractivity contribution in [1.82, 2.24) is 10.2 Å². The summed E-state index contributed by atoms with van der Waals surface area (Å²) in [6.07, 6.45) is -4.59. The number of aromatic amines is 1. The zero-order chi connectivity index (χ0) is 18.1. The van der Waals surface area contributed by atoms with Crippen molar-refractivity contribution in [2.75, 3.05) is 10.6 Å². The predicted molar refractivity (Wildman–Crippen MR) is 84.7 cm³/mol. The number of carbonyl (C=O) groups is 2. The fourth-order valence-corrected chi connectivity index (χ4v) is 2.23. The number of nitrogens with zero attached hydrogens (tertiary/aromatic N) is 1. The van der Waals surface area contributed by atoms with Gasteiger partial charge < -0.3 is 10.6 Å². The van der Waals surface area contributed by atoms with E-state index in [-0.39, 0.29) is 17.1 Å². The fourth-order valence-electron chi connectivity index (χ4n) is 1.87. The zero-order valence-corrected chi connectivity index (χ0v) is 14.1. The molecular weight excluding hydrogens is 393 g/mol. The standard InChI is InChI=1S/C14H12BrF3N4O2/c1-6-11(15)12(22-21-6)13(24)20-10-5-8(14(16,17)18)3-4-9(10)19-7(2)23/h3-5H,1-2H3,(H,19,23)(H,20,24)(H,21,22). The Bertz CT molecular complexity index is 802. The Morgan fingerprint density at radius 3 is 2.38 bits per heavy atom. The highest BCUT2D eigenvalue weighted by Gasteiger charge is 2.31. The molecule has 2 aromatic rings. The molecule has 6 nitrogen and oxygen atoms in total. The second-order valence-corrected chi connectivity index (χ2v) is 5.70. The average Bonchev–Trinajstić information content (AvgIpc) is 2.79. The quantitative estimate of drug-likeness (QED) is 0.728. The number of rotatable bonds is 3. The van der Waals surface area contributed by atoms with Gasteiger partial charge in [-0.3, -0.25) is 14.7 Å². The van der Waals surface area contributed by atoms with Gasteiger partial charge in [-0.15, -0.1) is 0 Å². The highest BCUT2D eigenvalue weighted by atomic mass is 79.9. The maximum Gasteiger partial charge on any atom is 0.416 e. The lowest BCUT2D eigenvalue weighted by molar-refractivity contribution is -0.137. The summed E-state index contributed by atoms with van der Waals surface area (Å²) in [5.74, 6) is -1.21. The molecule has 1 aromatic carbocycles. The second-order valence-electron chi connectivity index (χ2n) is 4.90. The van der Waals surface area contributed by atoms with E-state index < -0.39 is 23.6 Å². The molecule has 0 saturated heterocycles. The van der Waals surface area contributed by atoms with E-state index in [1.165, 1.54) is 6.92 Å². The van der Waals surface area contributed by atoms with Crippen LogP contribution in [0.15, 0.2) is 22.7 Å². The van der Waals surface area contributed by atoms with Crippen molar-refractivity contribution < 1.29 is 22.8 Å². The first-order valence-corrected chi connectivity index (χ1v) is 7.39. The molecule has 0 bridgehead atoms. The summed E-state index contributed by atoms with van der Waals surface area (Å²) >= 11 is 3.16. The summed E-state index contributed by atoms with van der Waals surface area (Å²) in [7, 11) is 0. The van der Waals surface area contributed by atoms with E-state index in [0.717, 1.165) is 18.2 Å². The number of anilines is 2. The minimum atomic E-state index is -4.59. The van der Waals surface area contributed by atoms with Crippen molar-refractivity contribution in [1.29, 1.82) is 0 Å². The first-order valence-electron chi connectivity index (χ1n) is 6.60. The lowest BCUT2D eigenvalue weighted by atomic mass is 10.1. The van der Waals surface area contributed by atoms with Gasteiger partial charge in [0.1, 0.15) is 0 Å². The van der Waals surface area contributed by atoms with Gasteiger partial charge in [-0.05, 0) is 41.1 Å². The van der Waals surface area contributed by atoms with Crippen LogP contribution in [0.3, 0.4) is 0 Å². The molecule has 0 spiro atoms. The molecular formula is C14H12BrF3N4O2. The van der Waals surface area contributed by atoms with Gasteiger partial charge in [-0.25, -0.2) is 0 Å². The third kappa shape index (κ3) is 3.94. The molecule has 128 valence electrons. The van der Waals surface area contributed by atoms with E-state index in [4.69, 9.17) is 0 Å². The molecule has 10 heteroatoms. The predicted octanol–water partition coefficient (Wildman–Crippen LogP) is 3.71. The van der Waals surface area contributed by atoms with Gasteiger partial charge in [0.15, 0.2) is 5.69 Å². The Morgan fingerprint density at radius 2 is 1.88 bits per heavy atom. The Labute approximate surface area is 142 Å². The number of amides is 2. The van der Waals surface area contributed by atoms with Crippen molar-refractivity contribution in [3.63, 3.8) is 0 Å². The summed E-state index contributed by atoms with van der Waals surface area (Å²) in [4.78, 5) is 23.4.